The first-order valence-corrected chi connectivity index (χ1v) is 6.90. The molecule has 1 N–H and O–H groups in total. The summed E-state index contributed by atoms with van der Waals surface area (Å²) in [6.07, 6.45) is 0. The molecule has 0 fully saturated rings. The molecule has 98 valence electrons. The van der Waals surface area contributed by atoms with Crippen LogP contribution in [0, 0.1) is 13.8 Å². The molecule has 0 radical (unpaired) electrons. The van der Waals surface area contributed by atoms with E-state index in [1.54, 1.807) is 0 Å². The molecule has 1 heterocycles. The molecule has 1 nitrogen and oxygen atoms in total. The number of aromatic amines is 1. The van der Waals surface area contributed by atoms with Crippen LogP contribution in [0.1, 0.15) is 37.5 Å². The molecule has 0 unspecified atom stereocenters. The zero-order valence-corrected chi connectivity index (χ0v) is 12.4. The molecule has 0 aliphatic carbocycles. The minimum Gasteiger partial charge on any atom is -0.354 e. The lowest BCUT2D eigenvalue weighted by atomic mass is 9.83. The van der Waals surface area contributed by atoms with Gasteiger partial charge in [0.05, 0.1) is 0 Å². The van der Waals surface area contributed by atoms with Crippen molar-refractivity contribution in [2.45, 2.75) is 40.0 Å². The Hall–Kier alpha value is -1.76. The van der Waals surface area contributed by atoms with Crippen LogP contribution in [0.2, 0.25) is 0 Å². The van der Waals surface area contributed by atoms with Crippen LogP contribution in [0.4, 0.5) is 0 Å². The van der Waals surface area contributed by atoms with Gasteiger partial charge in [-0.2, -0.15) is 0 Å². The van der Waals surface area contributed by atoms with Crippen LogP contribution in [-0.4, -0.2) is 4.98 Å². The Morgan fingerprint density at radius 2 is 1.63 bits per heavy atom. The van der Waals surface area contributed by atoms with E-state index >= 15 is 0 Å². The second kappa shape index (κ2) is 3.86. The summed E-state index contributed by atoms with van der Waals surface area (Å²) in [5.41, 5.74) is 6.75. The SMILES string of the molecule is Cc1cc(C(C)(C)C)c2c(c1)[nH]c1cccc(C)c12. The third-order valence-electron chi connectivity index (χ3n) is 3.88. The fourth-order valence-electron chi connectivity index (χ4n) is 2.99. The molecule has 0 atom stereocenters. The second-order valence-corrected chi connectivity index (χ2v) is 6.61. The highest BCUT2D eigenvalue weighted by Crippen LogP contribution is 2.37. The van der Waals surface area contributed by atoms with Gasteiger partial charge in [-0.1, -0.05) is 39.0 Å². The van der Waals surface area contributed by atoms with Crippen LogP contribution in [0.3, 0.4) is 0 Å². The van der Waals surface area contributed by atoms with E-state index in [-0.39, 0.29) is 5.41 Å². The second-order valence-electron chi connectivity index (χ2n) is 6.61. The highest BCUT2D eigenvalue weighted by molar-refractivity contribution is 6.11. The van der Waals surface area contributed by atoms with Gasteiger partial charge in [0.25, 0.3) is 0 Å². The topological polar surface area (TPSA) is 15.8 Å². The third kappa shape index (κ3) is 1.85. The van der Waals surface area contributed by atoms with Gasteiger partial charge < -0.3 is 4.98 Å². The molecule has 0 saturated heterocycles. The fraction of sp³-hybridized carbons (Fsp3) is 0.333. The molecule has 3 aromatic rings. The first-order chi connectivity index (χ1) is 8.88. The normalized spacial score (nSPS) is 12.5. The lowest BCUT2D eigenvalue weighted by molar-refractivity contribution is 0.596. The maximum absolute atomic E-state index is 3.57. The highest BCUT2D eigenvalue weighted by atomic mass is 14.7. The number of aryl methyl sites for hydroxylation is 2. The summed E-state index contributed by atoms with van der Waals surface area (Å²) in [7, 11) is 0. The van der Waals surface area contributed by atoms with Gasteiger partial charge in [0.2, 0.25) is 0 Å². The summed E-state index contributed by atoms with van der Waals surface area (Å²) in [5, 5.41) is 2.77. The van der Waals surface area contributed by atoms with Crippen molar-refractivity contribution >= 4 is 21.8 Å². The predicted octanol–water partition coefficient (Wildman–Crippen LogP) is 5.24. The van der Waals surface area contributed by atoms with Gasteiger partial charge in [-0.3, -0.25) is 0 Å². The molecule has 19 heavy (non-hydrogen) atoms. The predicted molar refractivity (Wildman–Crippen MR) is 84.0 cm³/mol. The van der Waals surface area contributed by atoms with Crippen molar-refractivity contribution in [3.8, 4) is 0 Å². The monoisotopic (exact) mass is 251 g/mol. The molecule has 0 bridgehead atoms. The molecule has 0 aliphatic rings. The van der Waals surface area contributed by atoms with E-state index in [0.717, 1.165) is 0 Å². The van der Waals surface area contributed by atoms with Gasteiger partial charge in [-0.15, -0.1) is 0 Å². The van der Waals surface area contributed by atoms with Crippen molar-refractivity contribution in [2.24, 2.45) is 0 Å². The molecule has 0 amide bonds. The van der Waals surface area contributed by atoms with E-state index in [1.807, 2.05) is 0 Å². The quantitative estimate of drug-likeness (QED) is 0.562. The van der Waals surface area contributed by atoms with Crippen LogP contribution in [-0.2, 0) is 5.41 Å². The minimum atomic E-state index is 0.154. The van der Waals surface area contributed by atoms with Gasteiger partial charge in [-0.25, -0.2) is 0 Å². The maximum Gasteiger partial charge on any atom is 0.0470 e. The van der Waals surface area contributed by atoms with Gasteiger partial charge in [0.15, 0.2) is 0 Å². The average molecular weight is 251 g/mol. The van der Waals surface area contributed by atoms with Gasteiger partial charge in [-0.05, 0) is 48.1 Å². The lowest BCUT2D eigenvalue weighted by Gasteiger charge is -2.21. The van der Waals surface area contributed by atoms with Crippen LogP contribution in [0.5, 0.6) is 0 Å². The largest absolute Gasteiger partial charge is 0.354 e. The van der Waals surface area contributed by atoms with Gasteiger partial charge >= 0.3 is 0 Å². The Morgan fingerprint density at radius 3 is 2.32 bits per heavy atom. The molecular weight excluding hydrogens is 230 g/mol. The number of nitrogens with one attached hydrogen (secondary N) is 1. The first-order valence-electron chi connectivity index (χ1n) is 6.90. The molecule has 3 rings (SSSR count). The van der Waals surface area contributed by atoms with E-state index in [0.29, 0.717) is 0 Å². The Kier molecular flexibility index (Phi) is 2.50. The Balaban J connectivity index is 2.58. The molecule has 0 spiro atoms. The third-order valence-corrected chi connectivity index (χ3v) is 3.88. The zero-order chi connectivity index (χ0) is 13.8. The minimum absolute atomic E-state index is 0.154. The van der Waals surface area contributed by atoms with Crippen molar-refractivity contribution in [1.82, 2.24) is 4.98 Å². The van der Waals surface area contributed by atoms with Crippen LogP contribution >= 0.6 is 0 Å². The Bertz CT molecular complexity index is 770. The van der Waals surface area contributed by atoms with Crippen molar-refractivity contribution in [3.63, 3.8) is 0 Å². The van der Waals surface area contributed by atoms with E-state index in [9.17, 15) is 0 Å². The van der Waals surface area contributed by atoms with Crippen molar-refractivity contribution in [3.05, 3.63) is 47.0 Å². The number of H-pyrrole nitrogens is 1. The number of benzene rings is 2. The number of rotatable bonds is 0. The van der Waals surface area contributed by atoms with Crippen LogP contribution in [0.25, 0.3) is 21.8 Å². The zero-order valence-electron chi connectivity index (χ0n) is 12.4. The van der Waals surface area contributed by atoms with Crippen LogP contribution in [0.15, 0.2) is 30.3 Å². The summed E-state index contributed by atoms with van der Waals surface area (Å²) >= 11 is 0. The van der Waals surface area contributed by atoms with Crippen molar-refractivity contribution in [1.29, 1.82) is 0 Å². The summed E-state index contributed by atoms with van der Waals surface area (Å²) in [4.78, 5) is 3.57. The maximum atomic E-state index is 3.57. The summed E-state index contributed by atoms with van der Waals surface area (Å²) < 4.78 is 0. The van der Waals surface area contributed by atoms with E-state index in [4.69, 9.17) is 0 Å². The van der Waals surface area contributed by atoms with Gasteiger partial charge in [0, 0.05) is 21.8 Å². The fourth-order valence-corrected chi connectivity index (χ4v) is 2.99. The highest BCUT2D eigenvalue weighted by Gasteiger charge is 2.20. The van der Waals surface area contributed by atoms with E-state index in [2.05, 4.69) is 69.9 Å². The smallest absolute Gasteiger partial charge is 0.0470 e. The molecule has 0 saturated carbocycles. The molecule has 0 aliphatic heterocycles. The number of hydrogen-bond acceptors (Lipinski definition) is 0. The van der Waals surface area contributed by atoms with Crippen LogP contribution < -0.4 is 0 Å². The molecule has 2 aromatic carbocycles. The molecule has 1 heteroatoms. The van der Waals surface area contributed by atoms with Crippen molar-refractivity contribution < 1.29 is 0 Å². The Morgan fingerprint density at radius 1 is 0.895 bits per heavy atom. The molecular formula is C18H21N. The standard InChI is InChI=1S/C18H21N/c1-11-9-13(18(3,4)5)17-15(10-11)19-14-8-6-7-12(2)16(14)17/h6-10,19H,1-5H3. The molecule has 1 aromatic heterocycles. The number of hydrogen-bond donors (Lipinski definition) is 1. The Labute approximate surface area is 114 Å². The summed E-state index contributed by atoms with van der Waals surface area (Å²) in [6, 6.07) is 11.1. The van der Waals surface area contributed by atoms with E-state index < -0.39 is 0 Å². The number of aromatic nitrogens is 1. The van der Waals surface area contributed by atoms with Gasteiger partial charge in [0.1, 0.15) is 0 Å². The lowest BCUT2D eigenvalue weighted by Crippen LogP contribution is -2.11. The number of fused-ring (bicyclic) bond motifs is 3. The van der Waals surface area contributed by atoms with Crippen molar-refractivity contribution in [2.75, 3.05) is 0 Å². The summed E-state index contributed by atoms with van der Waals surface area (Å²) in [6.45, 7) is 11.2. The average Bonchev–Trinajstić information content (AvgIpc) is 2.65. The summed E-state index contributed by atoms with van der Waals surface area (Å²) in [5.74, 6) is 0. The van der Waals surface area contributed by atoms with E-state index in [1.165, 1.54) is 38.5 Å². The first kappa shape index (κ1) is 12.3.